The van der Waals surface area contributed by atoms with Gasteiger partial charge in [0.1, 0.15) is 0 Å². The van der Waals surface area contributed by atoms with Crippen LogP contribution in [0.3, 0.4) is 0 Å². The van der Waals surface area contributed by atoms with Crippen LogP contribution in [0.4, 0.5) is 0 Å². The Morgan fingerprint density at radius 2 is 2.16 bits per heavy atom. The molecule has 2 N–H and O–H groups in total. The number of amides is 1. The maximum absolute atomic E-state index is 12.2. The fourth-order valence-electron chi connectivity index (χ4n) is 2.61. The monoisotopic (exact) mass is 280 g/mol. The first-order valence-corrected chi connectivity index (χ1v) is 7.22. The molecule has 19 heavy (non-hydrogen) atoms. The van der Waals surface area contributed by atoms with E-state index in [9.17, 15) is 4.79 Å². The van der Waals surface area contributed by atoms with Crippen LogP contribution in [0.25, 0.3) is 0 Å². The molecule has 0 aliphatic carbocycles. The molecule has 104 valence electrons. The van der Waals surface area contributed by atoms with E-state index in [0.29, 0.717) is 17.4 Å². The molecule has 1 amide bonds. The SMILES string of the molecule is CC(N)C1CCN(C(=O)Cc2cccc(Cl)c2)CC1. The molecule has 1 aliphatic rings. The molecule has 4 heteroatoms. The van der Waals surface area contributed by atoms with Crippen molar-refractivity contribution in [1.29, 1.82) is 0 Å². The van der Waals surface area contributed by atoms with Gasteiger partial charge in [-0.2, -0.15) is 0 Å². The van der Waals surface area contributed by atoms with Crippen LogP contribution in [0.15, 0.2) is 24.3 Å². The average Bonchev–Trinajstić information content (AvgIpc) is 2.39. The molecule has 1 aromatic rings. The van der Waals surface area contributed by atoms with Crippen LogP contribution in [-0.4, -0.2) is 29.9 Å². The summed E-state index contributed by atoms with van der Waals surface area (Å²) >= 11 is 5.93. The summed E-state index contributed by atoms with van der Waals surface area (Å²) < 4.78 is 0. The van der Waals surface area contributed by atoms with Gasteiger partial charge in [0, 0.05) is 24.2 Å². The van der Waals surface area contributed by atoms with Crippen LogP contribution < -0.4 is 5.73 Å². The summed E-state index contributed by atoms with van der Waals surface area (Å²) in [6, 6.07) is 7.73. The lowest BCUT2D eigenvalue weighted by Crippen LogP contribution is -2.43. The molecule has 1 fully saturated rings. The minimum Gasteiger partial charge on any atom is -0.342 e. The number of rotatable bonds is 3. The normalized spacial score (nSPS) is 18.4. The Kier molecular flexibility index (Phi) is 4.83. The van der Waals surface area contributed by atoms with E-state index >= 15 is 0 Å². The van der Waals surface area contributed by atoms with E-state index in [1.54, 1.807) is 0 Å². The summed E-state index contributed by atoms with van der Waals surface area (Å²) in [4.78, 5) is 14.2. The van der Waals surface area contributed by atoms with E-state index in [1.165, 1.54) is 0 Å². The van der Waals surface area contributed by atoms with Gasteiger partial charge < -0.3 is 10.6 Å². The molecule has 2 rings (SSSR count). The smallest absolute Gasteiger partial charge is 0.226 e. The number of hydrogen-bond donors (Lipinski definition) is 1. The second kappa shape index (κ2) is 6.40. The highest BCUT2D eigenvalue weighted by molar-refractivity contribution is 6.30. The lowest BCUT2D eigenvalue weighted by molar-refractivity contribution is -0.131. The average molecular weight is 281 g/mol. The van der Waals surface area contributed by atoms with Gasteiger partial charge in [-0.3, -0.25) is 4.79 Å². The number of nitrogens with two attached hydrogens (primary N) is 1. The summed E-state index contributed by atoms with van der Waals surface area (Å²) in [6.07, 6.45) is 2.46. The molecule has 1 atom stereocenters. The predicted octanol–water partition coefficient (Wildman–Crippen LogP) is 2.47. The van der Waals surface area contributed by atoms with Gasteiger partial charge in [-0.25, -0.2) is 0 Å². The van der Waals surface area contributed by atoms with Crippen LogP contribution in [0, 0.1) is 5.92 Å². The second-order valence-corrected chi connectivity index (χ2v) is 5.82. The number of carbonyl (C=O) groups is 1. The third-order valence-corrected chi connectivity index (χ3v) is 4.12. The summed E-state index contributed by atoms with van der Waals surface area (Å²) in [7, 11) is 0. The minimum absolute atomic E-state index is 0.186. The standard InChI is InChI=1S/C15H21ClN2O/c1-11(17)13-5-7-18(8-6-13)15(19)10-12-3-2-4-14(16)9-12/h2-4,9,11,13H,5-8,10,17H2,1H3. The Morgan fingerprint density at radius 3 is 2.74 bits per heavy atom. The maximum atomic E-state index is 12.2. The second-order valence-electron chi connectivity index (χ2n) is 5.38. The minimum atomic E-state index is 0.186. The van der Waals surface area contributed by atoms with Crippen molar-refractivity contribution < 1.29 is 4.79 Å². The first-order valence-electron chi connectivity index (χ1n) is 6.84. The van der Waals surface area contributed by atoms with E-state index in [4.69, 9.17) is 17.3 Å². The lowest BCUT2D eigenvalue weighted by Gasteiger charge is -2.33. The van der Waals surface area contributed by atoms with Gasteiger partial charge in [-0.15, -0.1) is 0 Å². The van der Waals surface area contributed by atoms with Crippen molar-refractivity contribution in [3.8, 4) is 0 Å². The number of hydrogen-bond acceptors (Lipinski definition) is 2. The first-order chi connectivity index (χ1) is 9.06. The Morgan fingerprint density at radius 1 is 1.47 bits per heavy atom. The van der Waals surface area contributed by atoms with Gasteiger partial charge in [0.05, 0.1) is 6.42 Å². The maximum Gasteiger partial charge on any atom is 0.226 e. The summed E-state index contributed by atoms with van der Waals surface area (Å²) in [5.74, 6) is 0.737. The topological polar surface area (TPSA) is 46.3 Å². The predicted molar refractivity (Wildman–Crippen MR) is 78.1 cm³/mol. The van der Waals surface area contributed by atoms with E-state index in [2.05, 4.69) is 0 Å². The Labute approximate surface area is 119 Å². The van der Waals surface area contributed by atoms with Gasteiger partial charge >= 0.3 is 0 Å². The van der Waals surface area contributed by atoms with Crippen LogP contribution in [0.2, 0.25) is 5.02 Å². The molecule has 1 aliphatic heterocycles. The molecule has 0 spiro atoms. The Bertz CT molecular complexity index is 440. The highest BCUT2D eigenvalue weighted by atomic mass is 35.5. The van der Waals surface area contributed by atoms with Crippen molar-refractivity contribution >= 4 is 17.5 Å². The third kappa shape index (κ3) is 3.95. The number of piperidine rings is 1. The molecule has 0 aromatic heterocycles. The molecular weight excluding hydrogens is 260 g/mol. The fraction of sp³-hybridized carbons (Fsp3) is 0.533. The molecular formula is C15H21ClN2O. The Hall–Kier alpha value is -1.06. The van der Waals surface area contributed by atoms with Crippen LogP contribution in [0.5, 0.6) is 0 Å². The van der Waals surface area contributed by atoms with Crippen LogP contribution in [-0.2, 0) is 11.2 Å². The molecule has 1 heterocycles. The molecule has 0 saturated carbocycles. The number of halogens is 1. The van der Waals surface area contributed by atoms with Crippen molar-refractivity contribution in [3.63, 3.8) is 0 Å². The zero-order valence-corrected chi connectivity index (χ0v) is 12.1. The summed E-state index contributed by atoms with van der Waals surface area (Å²) in [6.45, 7) is 3.70. The third-order valence-electron chi connectivity index (χ3n) is 3.88. The number of carbonyl (C=O) groups excluding carboxylic acids is 1. The first kappa shape index (κ1) is 14.4. The van der Waals surface area contributed by atoms with Crippen LogP contribution >= 0.6 is 11.6 Å². The van der Waals surface area contributed by atoms with Crippen molar-refractivity contribution in [2.45, 2.75) is 32.2 Å². The van der Waals surface area contributed by atoms with E-state index in [0.717, 1.165) is 31.5 Å². The molecule has 3 nitrogen and oxygen atoms in total. The molecule has 0 radical (unpaired) electrons. The van der Waals surface area contributed by atoms with Gasteiger partial charge in [-0.1, -0.05) is 23.7 Å². The van der Waals surface area contributed by atoms with Crippen molar-refractivity contribution in [3.05, 3.63) is 34.9 Å². The zero-order valence-electron chi connectivity index (χ0n) is 11.3. The Balaban J connectivity index is 1.88. The largest absolute Gasteiger partial charge is 0.342 e. The molecule has 1 unspecified atom stereocenters. The van der Waals surface area contributed by atoms with Gasteiger partial charge in [0.15, 0.2) is 0 Å². The van der Waals surface area contributed by atoms with E-state index in [1.807, 2.05) is 36.1 Å². The quantitative estimate of drug-likeness (QED) is 0.924. The molecule has 1 aromatic carbocycles. The fourth-order valence-corrected chi connectivity index (χ4v) is 2.82. The summed E-state index contributed by atoms with van der Waals surface area (Å²) in [5, 5.41) is 0.681. The highest BCUT2D eigenvalue weighted by Crippen LogP contribution is 2.20. The van der Waals surface area contributed by atoms with Gasteiger partial charge in [-0.05, 0) is 43.4 Å². The van der Waals surface area contributed by atoms with Crippen LogP contribution in [0.1, 0.15) is 25.3 Å². The van der Waals surface area contributed by atoms with E-state index < -0.39 is 0 Å². The molecule has 0 bridgehead atoms. The van der Waals surface area contributed by atoms with E-state index in [-0.39, 0.29) is 11.9 Å². The number of benzene rings is 1. The lowest BCUT2D eigenvalue weighted by atomic mass is 9.91. The summed E-state index contributed by atoms with van der Waals surface area (Å²) in [5.41, 5.74) is 6.89. The van der Waals surface area contributed by atoms with Crippen molar-refractivity contribution in [2.75, 3.05) is 13.1 Å². The van der Waals surface area contributed by atoms with Gasteiger partial charge in [0.2, 0.25) is 5.91 Å². The number of likely N-dealkylation sites (tertiary alicyclic amines) is 1. The highest BCUT2D eigenvalue weighted by Gasteiger charge is 2.24. The van der Waals surface area contributed by atoms with Crippen molar-refractivity contribution in [1.82, 2.24) is 4.90 Å². The number of nitrogens with zero attached hydrogens (tertiary/aromatic N) is 1. The van der Waals surface area contributed by atoms with Crippen molar-refractivity contribution in [2.24, 2.45) is 11.7 Å². The molecule has 1 saturated heterocycles. The zero-order chi connectivity index (χ0) is 13.8. The van der Waals surface area contributed by atoms with Gasteiger partial charge in [0.25, 0.3) is 0 Å².